The first-order valence-corrected chi connectivity index (χ1v) is 14.8. The number of thiophene rings is 2. The number of benzene rings is 4. The van der Waals surface area contributed by atoms with E-state index in [0.29, 0.717) is 0 Å². The number of hydrogen-bond acceptors (Lipinski definition) is 6. The van der Waals surface area contributed by atoms with Crippen LogP contribution in [0.2, 0.25) is 0 Å². The molecular weight excluding hydrogens is 529 g/mol. The molecule has 6 heteroatoms. The van der Waals surface area contributed by atoms with Gasteiger partial charge in [-0.1, -0.05) is 48.5 Å². The Morgan fingerprint density at radius 2 is 0.925 bits per heavy atom. The first-order valence-electron chi connectivity index (χ1n) is 13.1. The zero-order chi connectivity index (χ0) is 26.5. The molecule has 40 heavy (non-hydrogen) atoms. The number of nitrogens with zero attached hydrogens (tertiary/aromatic N) is 4. The molecule has 0 unspecified atom stereocenters. The fourth-order valence-electron chi connectivity index (χ4n) is 5.64. The van der Waals surface area contributed by atoms with Crippen molar-refractivity contribution in [3.05, 3.63) is 132 Å². The minimum absolute atomic E-state index is 0.902. The highest BCUT2D eigenvalue weighted by Gasteiger charge is 2.22. The Morgan fingerprint density at radius 1 is 0.450 bits per heavy atom. The van der Waals surface area contributed by atoms with E-state index < -0.39 is 0 Å². The molecule has 8 aromatic rings. The molecule has 4 aromatic carbocycles. The van der Waals surface area contributed by atoms with E-state index in [2.05, 4.69) is 105 Å². The number of aromatic nitrogens is 2. The monoisotopic (exact) mass is 550 g/mol. The van der Waals surface area contributed by atoms with E-state index in [1.807, 2.05) is 36.7 Å². The molecule has 0 radical (unpaired) electrons. The lowest BCUT2D eigenvalue weighted by atomic mass is 9.92. The van der Waals surface area contributed by atoms with Gasteiger partial charge in [0.25, 0.3) is 0 Å². The second-order valence-electron chi connectivity index (χ2n) is 9.54. The molecule has 0 aliphatic carbocycles. The van der Waals surface area contributed by atoms with Gasteiger partial charge in [0.15, 0.2) is 0 Å². The summed E-state index contributed by atoms with van der Waals surface area (Å²) >= 11 is 3.43. The van der Waals surface area contributed by atoms with Crippen LogP contribution in [0.1, 0.15) is 0 Å². The van der Waals surface area contributed by atoms with E-state index in [1.54, 1.807) is 22.7 Å². The van der Waals surface area contributed by atoms with Crippen molar-refractivity contribution in [2.24, 2.45) is 0 Å². The van der Waals surface area contributed by atoms with Gasteiger partial charge in [0.2, 0.25) is 0 Å². The summed E-state index contributed by atoms with van der Waals surface area (Å²) < 4.78 is 0. The molecule has 0 N–H and O–H groups in total. The molecule has 0 spiro atoms. The molecule has 0 aliphatic rings. The SMILES string of the molecule is c1ccc(N(c2cccs2)c2ccc3ccc4c(N(c5ccccn5)c5cccs5)ccc5ccc2c3c54)nc1. The Kier molecular flexibility index (Phi) is 5.47. The third-order valence-electron chi connectivity index (χ3n) is 7.31. The third kappa shape index (κ3) is 3.65. The van der Waals surface area contributed by atoms with Gasteiger partial charge >= 0.3 is 0 Å². The summed E-state index contributed by atoms with van der Waals surface area (Å²) in [5.41, 5.74) is 2.24. The van der Waals surface area contributed by atoms with E-state index in [0.717, 1.165) is 33.0 Å². The number of hydrogen-bond donors (Lipinski definition) is 0. The second kappa shape index (κ2) is 9.45. The largest absolute Gasteiger partial charge is 0.285 e. The Hall–Kier alpha value is -4.78. The number of anilines is 6. The normalized spacial score (nSPS) is 11.5. The van der Waals surface area contributed by atoms with Crippen LogP contribution in [0.3, 0.4) is 0 Å². The minimum atomic E-state index is 0.902. The molecule has 190 valence electrons. The van der Waals surface area contributed by atoms with Crippen molar-refractivity contribution in [3.8, 4) is 0 Å². The maximum Gasteiger partial charge on any atom is 0.138 e. The van der Waals surface area contributed by atoms with Gasteiger partial charge in [-0.05, 0) is 93.0 Å². The Bertz CT molecular complexity index is 1900. The van der Waals surface area contributed by atoms with Crippen molar-refractivity contribution in [3.63, 3.8) is 0 Å². The average Bonchev–Trinajstić information content (AvgIpc) is 3.74. The maximum atomic E-state index is 4.74. The molecule has 4 heterocycles. The van der Waals surface area contributed by atoms with Crippen LogP contribution in [-0.4, -0.2) is 9.97 Å². The fourth-order valence-corrected chi connectivity index (χ4v) is 7.14. The van der Waals surface area contributed by atoms with Crippen LogP contribution >= 0.6 is 22.7 Å². The Balaban J connectivity index is 1.42. The van der Waals surface area contributed by atoms with Crippen LogP contribution in [0.15, 0.2) is 132 Å². The first-order chi connectivity index (χ1) is 19.9. The van der Waals surface area contributed by atoms with Gasteiger partial charge in [-0.15, -0.1) is 22.7 Å². The van der Waals surface area contributed by atoms with Gasteiger partial charge in [-0.25, -0.2) is 9.97 Å². The molecule has 4 nitrogen and oxygen atoms in total. The predicted molar refractivity (Wildman–Crippen MR) is 171 cm³/mol. The maximum absolute atomic E-state index is 4.74. The van der Waals surface area contributed by atoms with Crippen molar-refractivity contribution in [1.29, 1.82) is 0 Å². The highest BCUT2D eigenvalue weighted by atomic mass is 32.1. The summed E-state index contributed by atoms with van der Waals surface area (Å²) in [6, 6.07) is 38.6. The van der Waals surface area contributed by atoms with E-state index in [9.17, 15) is 0 Å². The van der Waals surface area contributed by atoms with E-state index in [1.165, 1.54) is 32.3 Å². The molecule has 0 saturated carbocycles. The zero-order valence-electron chi connectivity index (χ0n) is 21.3. The summed E-state index contributed by atoms with van der Waals surface area (Å²) in [6.45, 7) is 0. The Labute approximate surface area is 239 Å². The summed E-state index contributed by atoms with van der Waals surface area (Å²) in [4.78, 5) is 14.0. The number of rotatable bonds is 6. The summed E-state index contributed by atoms with van der Waals surface area (Å²) in [5.74, 6) is 1.80. The number of pyridine rings is 2. The predicted octanol–water partition coefficient (Wildman–Crippen LogP) is 10.4. The molecule has 0 aliphatic heterocycles. The van der Waals surface area contributed by atoms with Gasteiger partial charge in [0, 0.05) is 23.2 Å². The highest BCUT2D eigenvalue weighted by Crippen LogP contribution is 2.47. The topological polar surface area (TPSA) is 32.3 Å². The zero-order valence-corrected chi connectivity index (χ0v) is 22.9. The van der Waals surface area contributed by atoms with Gasteiger partial charge < -0.3 is 0 Å². The Morgan fingerprint density at radius 3 is 1.32 bits per heavy atom. The summed E-state index contributed by atoms with van der Waals surface area (Å²) in [7, 11) is 0. The van der Waals surface area contributed by atoms with Crippen LogP contribution in [0.25, 0.3) is 32.3 Å². The van der Waals surface area contributed by atoms with Crippen LogP contribution in [-0.2, 0) is 0 Å². The second-order valence-corrected chi connectivity index (χ2v) is 11.4. The lowest BCUT2D eigenvalue weighted by Gasteiger charge is -2.27. The smallest absolute Gasteiger partial charge is 0.138 e. The van der Waals surface area contributed by atoms with Crippen LogP contribution in [0.4, 0.5) is 33.0 Å². The van der Waals surface area contributed by atoms with Gasteiger partial charge in [0.05, 0.1) is 11.4 Å². The highest BCUT2D eigenvalue weighted by molar-refractivity contribution is 7.14. The lowest BCUT2D eigenvalue weighted by Crippen LogP contribution is -2.11. The molecule has 0 bridgehead atoms. The van der Waals surface area contributed by atoms with Crippen LogP contribution in [0, 0.1) is 0 Å². The van der Waals surface area contributed by atoms with Crippen molar-refractivity contribution < 1.29 is 0 Å². The minimum Gasteiger partial charge on any atom is -0.285 e. The average molecular weight is 551 g/mol. The molecule has 0 fully saturated rings. The van der Waals surface area contributed by atoms with Crippen molar-refractivity contribution in [2.45, 2.75) is 0 Å². The standard InChI is InChI=1S/C34H22N4S2/c1-3-19-35-29(7-1)37(31-9-5-21-39-31)27-17-13-23-12-16-26-28(18-14-24-11-15-25(27)33(23)34(24)26)38(32-10-6-22-40-32)30-8-2-4-20-36-30/h1-22H. The lowest BCUT2D eigenvalue weighted by molar-refractivity contribution is 1.20. The molecule has 0 saturated heterocycles. The molecule has 0 amide bonds. The van der Waals surface area contributed by atoms with Gasteiger partial charge in [-0.2, -0.15) is 0 Å². The van der Waals surface area contributed by atoms with E-state index >= 15 is 0 Å². The summed E-state index contributed by atoms with van der Waals surface area (Å²) in [6.07, 6.45) is 3.71. The van der Waals surface area contributed by atoms with Crippen molar-refractivity contribution >= 4 is 88.0 Å². The van der Waals surface area contributed by atoms with E-state index in [-0.39, 0.29) is 0 Å². The third-order valence-corrected chi connectivity index (χ3v) is 9.02. The van der Waals surface area contributed by atoms with Crippen molar-refractivity contribution in [1.82, 2.24) is 9.97 Å². The quantitative estimate of drug-likeness (QED) is 0.193. The molecular formula is C34H22N4S2. The molecule has 8 rings (SSSR count). The van der Waals surface area contributed by atoms with Crippen molar-refractivity contribution in [2.75, 3.05) is 9.80 Å². The van der Waals surface area contributed by atoms with E-state index in [4.69, 9.17) is 9.97 Å². The summed E-state index contributed by atoms with van der Waals surface area (Å²) in [5, 5.41) is 13.9. The fraction of sp³-hybridized carbons (Fsp3) is 0. The van der Waals surface area contributed by atoms with Crippen LogP contribution in [0.5, 0.6) is 0 Å². The van der Waals surface area contributed by atoms with Gasteiger partial charge in [0.1, 0.15) is 21.6 Å². The molecule has 0 atom stereocenters. The first kappa shape index (κ1) is 23.1. The molecule has 4 aromatic heterocycles. The van der Waals surface area contributed by atoms with Crippen LogP contribution < -0.4 is 9.80 Å². The van der Waals surface area contributed by atoms with Gasteiger partial charge in [-0.3, -0.25) is 9.80 Å².